The Hall–Kier alpha value is -1.61. The van der Waals surface area contributed by atoms with Crippen molar-refractivity contribution in [1.82, 2.24) is 15.1 Å². The summed E-state index contributed by atoms with van der Waals surface area (Å²) in [5.74, 6) is 0. The van der Waals surface area contributed by atoms with E-state index in [0.717, 1.165) is 0 Å². The van der Waals surface area contributed by atoms with Gasteiger partial charge in [-0.2, -0.15) is 5.10 Å². The molecule has 1 atom stereocenters. The minimum atomic E-state index is 0.532. The summed E-state index contributed by atoms with van der Waals surface area (Å²) in [7, 11) is 4.03. The van der Waals surface area contributed by atoms with Crippen molar-refractivity contribution in [3.05, 3.63) is 41.2 Å². The van der Waals surface area contributed by atoms with Gasteiger partial charge in [-0.3, -0.25) is 4.68 Å². The molecule has 1 aliphatic carbocycles. The van der Waals surface area contributed by atoms with Crippen LogP contribution in [0.15, 0.2) is 24.4 Å². The number of nitrogens with zero attached hydrogens (tertiary/aromatic N) is 2. The van der Waals surface area contributed by atoms with E-state index < -0.39 is 0 Å². The lowest BCUT2D eigenvalue weighted by Crippen LogP contribution is -2.12. The third-order valence-electron chi connectivity index (χ3n) is 4.12. The van der Waals surface area contributed by atoms with Crippen molar-refractivity contribution in [2.24, 2.45) is 7.05 Å². The van der Waals surface area contributed by atoms with Gasteiger partial charge in [-0.1, -0.05) is 18.2 Å². The van der Waals surface area contributed by atoms with Crippen LogP contribution in [0.4, 0.5) is 0 Å². The van der Waals surface area contributed by atoms with E-state index in [1.54, 1.807) is 0 Å². The molecule has 3 rings (SSSR count). The van der Waals surface area contributed by atoms with E-state index >= 15 is 0 Å². The van der Waals surface area contributed by atoms with Gasteiger partial charge in [0.2, 0.25) is 0 Å². The van der Waals surface area contributed by atoms with E-state index in [4.69, 9.17) is 0 Å². The van der Waals surface area contributed by atoms with Crippen LogP contribution < -0.4 is 5.32 Å². The van der Waals surface area contributed by atoms with Crippen LogP contribution in [0.5, 0.6) is 0 Å². The molecule has 1 aromatic heterocycles. The molecular weight excluding hydrogens is 222 g/mol. The third-order valence-corrected chi connectivity index (χ3v) is 4.12. The molecule has 1 aromatic carbocycles. The first-order chi connectivity index (χ1) is 8.70. The van der Waals surface area contributed by atoms with E-state index in [9.17, 15) is 0 Å². The van der Waals surface area contributed by atoms with Crippen molar-refractivity contribution in [2.45, 2.75) is 25.8 Å². The monoisotopic (exact) mass is 241 g/mol. The zero-order valence-corrected chi connectivity index (χ0v) is 11.2. The zero-order valence-electron chi connectivity index (χ0n) is 11.2. The SMILES string of the molecule is CNC1CCc2cc(-c3cnn(C)c3C)ccc21. The van der Waals surface area contributed by atoms with Gasteiger partial charge in [0.25, 0.3) is 0 Å². The van der Waals surface area contributed by atoms with E-state index in [2.05, 4.69) is 35.5 Å². The molecule has 0 saturated heterocycles. The van der Waals surface area contributed by atoms with Gasteiger partial charge in [0.1, 0.15) is 0 Å². The summed E-state index contributed by atoms with van der Waals surface area (Å²) in [5, 5.41) is 7.70. The molecule has 18 heavy (non-hydrogen) atoms. The van der Waals surface area contributed by atoms with Crippen LogP contribution in [0.2, 0.25) is 0 Å². The molecular formula is C15H19N3. The van der Waals surface area contributed by atoms with E-state index in [1.807, 2.05) is 25.0 Å². The first-order valence-corrected chi connectivity index (χ1v) is 6.49. The molecule has 0 radical (unpaired) electrons. The maximum atomic E-state index is 4.32. The Morgan fingerprint density at radius 2 is 2.22 bits per heavy atom. The summed E-state index contributed by atoms with van der Waals surface area (Å²) in [5.41, 5.74) is 6.69. The molecule has 1 N–H and O–H groups in total. The number of nitrogens with one attached hydrogen (secondary N) is 1. The van der Waals surface area contributed by atoms with Crippen LogP contribution in [0.25, 0.3) is 11.1 Å². The molecule has 94 valence electrons. The average Bonchev–Trinajstić information content (AvgIpc) is 2.93. The first-order valence-electron chi connectivity index (χ1n) is 6.49. The molecule has 2 aromatic rings. The van der Waals surface area contributed by atoms with Gasteiger partial charge in [-0.05, 0) is 43.5 Å². The minimum Gasteiger partial charge on any atom is -0.313 e. The standard InChI is InChI=1S/C15H19N3/c1-10-14(9-17-18(10)3)12-4-6-13-11(8-12)5-7-15(13)16-2/h4,6,8-9,15-16H,5,7H2,1-3H3. The number of rotatable bonds is 2. The van der Waals surface area contributed by atoms with Crippen LogP contribution >= 0.6 is 0 Å². The van der Waals surface area contributed by atoms with Gasteiger partial charge in [0.05, 0.1) is 6.20 Å². The maximum absolute atomic E-state index is 4.32. The molecule has 1 heterocycles. The van der Waals surface area contributed by atoms with Crippen molar-refractivity contribution in [3.63, 3.8) is 0 Å². The lowest BCUT2D eigenvalue weighted by atomic mass is 10.0. The van der Waals surface area contributed by atoms with Crippen molar-refractivity contribution in [1.29, 1.82) is 0 Å². The number of aromatic nitrogens is 2. The summed E-state index contributed by atoms with van der Waals surface area (Å²) < 4.78 is 1.93. The van der Waals surface area contributed by atoms with Gasteiger partial charge in [0.15, 0.2) is 0 Å². The third kappa shape index (κ3) is 1.66. The van der Waals surface area contributed by atoms with Gasteiger partial charge < -0.3 is 5.32 Å². The van der Waals surface area contributed by atoms with Gasteiger partial charge in [0, 0.05) is 24.3 Å². The summed E-state index contributed by atoms with van der Waals surface area (Å²) in [6.07, 6.45) is 4.34. The van der Waals surface area contributed by atoms with Crippen LogP contribution in [0.3, 0.4) is 0 Å². The molecule has 0 spiro atoms. The molecule has 0 fully saturated rings. The highest BCUT2D eigenvalue weighted by Crippen LogP contribution is 2.34. The first kappa shape index (κ1) is 11.5. The normalized spacial score (nSPS) is 18.1. The summed E-state index contributed by atoms with van der Waals surface area (Å²) in [6, 6.07) is 7.35. The molecule has 0 aliphatic heterocycles. The Labute approximate surface area is 108 Å². The van der Waals surface area contributed by atoms with E-state index in [-0.39, 0.29) is 0 Å². The van der Waals surface area contributed by atoms with Gasteiger partial charge in [-0.15, -0.1) is 0 Å². The Morgan fingerprint density at radius 1 is 1.39 bits per heavy atom. The quantitative estimate of drug-likeness (QED) is 0.876. The highest BCUT2D eigenvalue weighted by atomic mass is 15.3. The molecule has 1 unspecified atom stereocenters. The average molecular weight is 241 g/mol. The van der Waals surface area contributed by atoms with Crippen LogP contribution in [0.1, 0.15) is 29.3 Å². The molecule has 3 heteroatoms. The van der Waals surface area contributed by atoms with Crippen molar-refractivity contribution >= 4 is 0 Å². The topological polar surface area (TPSA) is 29.9 Å². The highest BCUT2D eigenvalue weighted by Gasteiger charge is 2.21. The van der Waals surface area contributed by atoms with Crippen LogP contribution in [-0.2, 0) is 13.5 Å². The van der Waals surface area contributed by atoms with Gasteiger partial charge >= 0.3 is 0 Å². The Kier molecular flexibility index (Phi) is 2.71. The second-order valence-electron chi connectivity index (χ2n) is 5.06. The van der Waals surface area contributed by atoms with Crippen LogP contribution in [0, 0.1) is 6.92 Å². The fourth-order valence-electron chi connectivity index (χ4n) is 2.87. The fraction of sp³-hybridized carbons (Fsp3) is 0.400. The lowest BCUT2D eigenvalue weighted by molar-refractivity contribution is 0.590. The zero-order chi connectivity index (χ0) is 12.7. The number of fused-ring (bicyclic) bond motifs is 1. The van der Waals surface area contributed by atoms with Crippen molar-refractivity contribution in [2.75, 3.05) is 7.05 Å². The second-order valence-corrected chi connectivity index (χ2v) is 5.06. The smallest absolute Gasteiger partial charge is 0.0571 e. The minimum absolute atomic E-state index is 0.532. The molecule has 1 aliphatic rings. The lowest BCUT2D eigenvalue weighted by Gasteiger charge is -2.10. The number of benzene rings is 1. The highest BCUT2D eigenvalue weighted by molar-refractivity contribution is 5.67. The van der Waals surface area contributed by atoms with Gasteiger partial charge in [-0.25, -0.2) is 0 Å². The number of aryl methyl sites for hydroxylation is 2. The summed E-state index contributed by atoms with van der Waals surface area (Å²) >= 11 is 0. The Balaban J connectivity index is 2.04. The summed E-state index contributed by atoms with van der Waals surface area (Å²) in [6.45, 7) is 2.12. The second kappa shape index (κ2) is 4.25. The Bertz CT molecular complexity index is 583. The largest absolute Gasteiger partial charge is 0.313 e. The molecule has 3 nitrogen and oxygen atoms in total. The van der Waals surface area contributed by atoms with Crippen molar-refractivity contribution < 1.29 is 0 Å². The number of hydrogen-bond acceptors (Lipinski definition) is 2. The molecule has 0 saturated carbocycles. The maximum Gasteiger partial charge on any atom is 0.0571 e. The molecule has 0 bridgehead atoms. The van der Waals surface area contributed by atoms with Crippen molar-refractivity contribution in [3.8, 4) is 11.1 Å². The van der Waals surface area contributed by atoms with E-state index in [0.29, 0.717) is 6.04 Å². The summed E-state index contributed by atoms with van der Waals surface area (Å²) in [4.78, 5) is 0. The predicted molar refractivity (Wildman–Crippen MR) is 73.5 cm³/mol. The predicted octanol–water partition coefficient (Wildman–Crippen LogP) is 2.60. The van der Waals surface area contributed by atoms with Crippen LogP contribution in [-0.4, -0.2) is 16.8 Å². The fourth-order valence-corrected chi connectivity index (χ4v) is 2.87. The van der Waals surface area contributed by atoms with E-state index in [1.165, 1.54) is 40.8 Å². The number of hydrogen-bond donors (Lipinski definition) is 1. The Morgan fingerprint density at radius 3 is 2.89 bits per heavy atom. The molecule has 0 amide bonds.